The third kappa shape index (κ3) is 2.76. The summed E-state index contributed by atoms with van der Waals surface area (Å²) >= 11 is 0. The first-order valence-corrected chi connectivity index (χ1v) is 9.06. The zero-order valence-corrected chi connectivity index (χ0v) is 14.8. The van der Waals surface area contributed by atoms with Gasteiger partial charge in [0.1, 0.15) is 5.69 Å². The minimum atomic E-state index is 0.0469. The van der Waals surface area contributed by atoms with E-state index in [4.69, 9.17) is 4.74 Å². The van der Waals surface area contributed by atoms with Gasteiger partial charge in [-0.3, -0.25) is 0 Å². The Bertz CT molecular complexity index is 884. The van der Waals surface area contributed by atoms with E-state index in [1.54, 1.807) is 0 Å². The standard InChI is InChI=1S/C21H23N3O/c1-3-13-25-19-14-15-9-5-6-10-16(15)20-21(24(4-2)23-22-20)18-12-8-7-11-17(18)19/h5-12,19H,3-4,13-14H2,1-2H3. The van der Waals surface area contributed by atoms with Gasteiger partial charge in [0.15, 0.2) is 0 Å². The van der Waals surface area contributed by atoms with Crippen molar-refractivity contribution in [3.63, 3.8) is 0 Å². The smallest absolute Gasteiger partial charge is 0.121 e. The van der Waals surface area contributed by atoms with Crippen molar-refractivity contribution in [3.8, 4) is 22.5 Å². The monoisotopic (exact) mass is 333 g/mol. The molecule has 128 valence electrons. The Labute approximate surface area is 148 Å². The number of benzene rings is 2. The average Bonchev–Trinajstić information content (AvgIpc) is 3.07. The molecule has 0 saturated heterocycles. The van der Waals surface area contributed by atoms with E-state index in [0.717, 1.165) is 42.9 Å². The highest BCUT2D eigenvalue weighted by molar-refractivity contribution is 5.82. The van der Waals surface area contributed by atoms with Crippen LogP contribution in [-0.4, -0.2) is 21.6 Å². The number of rotatable bonds is 4. The second-order valence-corrected chi connectivity index (χ2v) is 6.41. The molecule has 1 aliphatic rings. The minimum absolute atomic E-state index is 0.0469. The fourth-order valence-electron chi connectivity index (χ4n) is 3.62. The number of aryl methyl sites for hydroxylation is 1. The molecular weight excluding hydrogens is 310 g/mol. The van der Waals surface area contributed by atoms with Crippen molar-refractivity contribution in [2.24, 2.45) is 0 Å². The highest BCUT2D eigenvalue weighted by atomic mass is 16.5. The largest absolute Gasteiger partial charge is 0.373 e. The van der Waals surface area contributed by atoms with Gasteiger partial charge in [-0.2, -0.15) is 0 Å². The fourth-order valence-corrected chi connectivity index (χ4v) is 3.62. The Balaban J connectivity index is 1.99. The molecule has 4 heteroatoms. The molecule has 1 aromatic heterocycles. The predicted octanol–water partition coefficient (Wildman–Crippen LogP) is 4.66. The number of hydrogen-bond donors (Lipinski definition) is 0. The molecule has 25 heavy (non-hydrogen) atoms. The summed E-state index contributed by atoms with van der Waals surface area (Å²) in [6, 6.07) is 17.0. The summed E-state index contributed by atoms with van der Waals surface area (Å²) in [4.78, 5) is 0. The van der Waals surface area contributed by atoms with Gasteiger partial charge < -0.3 is 4.74 Å². The van der Waals surface area contributed by atoms with Gasteiger partial charge in [-0.15, -0.1) is 5.10 Å². The summed E-state index contributed by atoms with van der Waals surface area (Å²) in [5, 5.41) is 8.94. The van der Waals surface area contributed by atoms with Gasteiger partial charge in [0.25, 0.3) is 0 Å². The molecule has 0 spiro atoms. The van der Waals surface area contributed by atoms with E-state index in [1.165, 1.54) is 16.7 Å². The molecular formula is C21H23N3O. The lowest BCUT2D eigenvalue weighted by Crippen LogP contribution is -2.13. The Morgan fingerprint density at radius 3 is 2.60 bits per heavy atom. The lowest BCUT2D eigenvalue weighted by Gasteiger charge is -2.25. The lowest BCUT2D eigenvalue weighted by molar-refractivity contribution is 0.0536. The van der Waals surface area contributed by atoms with Crippen molar-refractivity contribution < 1.29 is 4.74 Å². The molecule has 3 aromatic rings. The van der Waals surface area contributed by atoms with Crippen LogP contribution >= 0.6 is 0 Å². The minimum Gasteiger partial charge on any atom is -0.373 e. The molecule has 1 aliphatic carbocycles. The van der Waals surface area contributed by atoms with E-state index in [-0.39, 0.29) is 6.10 Å². The van der Waals surface area contributed by atoms with Crippen LogP contribution in [0.4, 0.5) is 0 Å². The highest BCUT2D eigenvalue weighted by Gasteiger charge is 2.27. The van der Waals surface area contributed by atoms with Crippen LogP contribution in [0.2, 0.25) is 0 Å². The normalized spacial score (nSPS) is 15.7. The van der Waals surface area contributed by atoms with E-state index in [1.807, 2.05) is 4.68 Å². The van der Waals surface area contributed by atoms with Crippen molar-refractivity contribution in [2.75, 3.05) is 6.61 Å². The van der Waals surface area contributed by atoms with Crippen LogP contribution in [0.3, 0.4) is 0 Å². The summed E-state index contributed by atoms with van der Waals surface area (Å²) in [5.41, 5.74) is 6.90. The van der Waals surface area contributed by atoms with E-state index < -0.39 is 0 Å². The summed E-state index contributed by atoms with van der Waals surface area (Å²) in [5.74, 6) is 0. The van der Waals surface area contributed by atoms with E-state index in [9.17, 15) is 0 Å². The van der Waals surface area contributed by atoms with Crippen LogP contribution in [0, 0.1) is 0 Å². The van der Waals surface area contributed by atoms with Crippen molar-refractivity contribution in [1.82, 2.24) is 15.0 Å². The zero-order valence-electron chi connectivity index (χ0n) is 14.8. The van der Waals surface area contributed by atoms with Gasteiger partial charge in [-0.25, -0.2) is 4.68 Å². The molecule has 0 radical (unpaired) electrons. The predicted molar refractivity (Wildman–Crippen MR) is 99.3 cm³/mol. The quantitative estimate of drug-likeness (QED) is 0.697. The summed E-state index contributed by atoms with van der Waals surface area (Å²) in [6.07, 6.45) is 1.91. The fraction of sp³-hybridized carbons (Fsp3) is 0.333. The third-order valence-corrected chi connectivity index (χ3v) is 4.80. The van der Waals surface area contributed by atoms with Gasteiger partial charge in [0.05, 0.1) is 11.8 Å². The van der Waals surface area contributed by atoms with Gasteiger partial charge in [-0.1, -0.05) is 60.7 Å². The Morgan fingerprint density at radius 2 is 1.80 bits per heavy atom. The Morgan fingerprint density at radius 1 is 1.04 bits per heavy atom. The molecule has 2 aromatic carbocycles. The van der Waals surface area contributed by atoms with Crippen molar-refractivity contribution in [2.45, 2.75) is 39.3 Å². The van der Waals surface area contributed by atoms with Crippen LogP contribution < -0.4 is 0 Å². The maximum atomic E-state index is 6.27. The van der Waals surface area contributed by atoms with Gasteiger partial charge in [0.2, 0.25) is 0 Å². The molecule has 1 atom stereocenters. The third-order valence-electron chi connectivity index (χ3n) is 4.80. The van der Waals surface area contributed by atoms with Crippen LogP contribution in [0.1, 0.15) is 37.5 Å². The number of fused-ring (bicyclic) bond motifs is 5. The molecule has 0 aliphatic heterocycles. The van der Waals surface area contributed by atoms with E-state index in [2.05, 4.69) is 72.7 Å². The van der Waals surface area contributed by atoms with Crippen molar-refractivity contribution in [1.29, 1.82) is 0 Å². The molecule has 0 bridgehead atoms. The highest BCUT2D eigenvalue weighted by Crippen LogP contribution is 2.41. The van der Waals surface area contributed by atoms with Crippen LogP contribution in [-0.2, 0) is 17.7 Å². The van der Waals surface area contributed by atoms with E-state index in [0.29, 0.717) is 0 Å². The molecule has 0 amide bonds. The second kappa shape index (κ2) is 6.81. The molecule has 0 N–H and O–H groups in total. The molecule has 1 heterocycles. The van der Waals surface area contributed by atoms with E-state index >= 15 is 0 Å². The summed E-state index contributed by atoms with van der Waals surface area (Å²) < 4.78 is 8.26. The van der Waals surface area contributed by atoms with Gasteiger partial charge >= 0.3 is 0 Å². The maximum absolute atomic E-state index is 6.27. The first-order valence-electron chi connectivity index (χ1n) is 9.06. The topological polar surface area (TPSA) is 39.9 Å². The Hall–Kier alpha value is -2.46. The van der Waals surface area contributed by atoms with Crippen LogP contribution in [0.15, 0.2) is 48.5 Å². The van der Waals surface area contributed by atoms with Crippen LogP contribution in [0.5, 0.6) is 0 Å². The molecule has 4 rings (SSSR count). The van der Waals surface area contributed by atoms with Crippen molar-refractivity contribution >= 4 is 0 Å². The second-order valence-electron chi connectivity index (χ2n) is 6.41. The van der Waals surface area contributed by atoms with Crippen molar-refractivity contribution in [3.05, 3.63) is 59.7 Å². The molecule has 0 fully saturated rings. The van der Waals surface area contributed by atoms with Crippen LogP contribution in [0.25, 0.3) is 22.5 Å². The SMILES string of the molecule is CCCOC1Cc2ccccc2-c2nnn(CC)c2-c2ccccc21. The number of aromatic nitrogens is 3. The molecule has 4 nitrogen and oxygen atoms in total. The zero-order chi connectivity index (χ0) is 17.2. The number of ether oxygens (including phenoxy) is 1. The lowest BCUT2D eigenvalue weighted by atomic mass is 9.87. The number of nitrogens with zero attached hydrogens (tertiary/aromatic N) is 3. The molecule has 1 unspecified atom stereocenters. The number of hydrogen-bond acceptors (Lipinski definition) is 3. The Kier molecular flexibility index (Phi) is 4.36. The molecule has 0 saturated carbocycles. The van der Waals surface area contributed by atoms with Gasteiger partial charge in [-0.05, 0) is 24.5 Å². The summed E-state index contributed by atoms with van der Waals surface area (Å²) in [6.45, 7) is 5.81. The first-order chi connectivity index (χ1) is 12.3. The van der Waals surface area contributed by atoms with Gasteiger partial charge in [0, 0.05) is 30.7 Å². The maximum Gasteiger partial charge on any atom is 0.121 e. The average molecular weight is 333 g/mol. The summed E-state index contributed by atoms with van der Waals surface area (Å²) in [7, 11) is 0. The first kappa shape index (κ1) is 16.0.